The van der Waals surface area contributed by atoms with Crippen LogP contribution in [-0.4, -0.2) is 16.1 Å². The van der Waals surface area contributed by atoms with Gasteiger partial charge in [-0.2, -0.15) is 0 Å². The molecule has 0 spiro atoms. The maximum absolute atomic E-state index is 12.3. The first-order valence-electron chi connectivity index (χ1n) is 3.31. The molecule has 1 N–H and O–H groups in total. The van der Waals surface area contributed by atoms with Crippen LogP contribution in [0.1, 0.15) is 22.6 Å². The van der Waals surface area contributed by atoms with Crippen LogP contribution >= 0.6 is 45.2 Å². The van der Waals surface area contributed by atoms with Crippen LogP contribution in [-0.2, 0) is 0 Å². The van der Waals surface area contributed by atoms with Gasteiger partial charge in [-0.3, -0.25) is 0 Å². The molecule has 1 rings (SSSR count). The summed E-state index contributed by atoms with van der Waals surface area (Å²) in [7, 11) is 0. The lowest BCUT2D eigenvalue weighted by molar-refractivity contribution is 0.0687. The summed E-state index contributed by atoms with van der Waals surface area (Å²) in [6, 6.07) is 1.18. The fraction of sp³-hybridized carbons (Fsp3) is 0.143. The Balaban J connectivity index is 3.35. The first-order valence-corrected chi connectivity index (χ1v) is 5.46. The lowest BCUT2D eigenvalue weighted by Crippen LogP contribution is -2.08. The van der Waals surface area contributed by atoms with Gasteiger partial charge >= 0.3 is 5.97 Å². The number of alkyl halides is 2. The number of hydrogen-bond acceptors (Lipinski definition) is 2. The summed E-state index contributed by atoms with van der Waals surface area (Å²) in [4.78, 5) is 14.0. The molecule has 0 aliphatic carbocycles. The Kier molecular flexibility index (Phi) is 3.98. The van der Waals surface area contributed by atoms with Crippen molar-refractivity contribution in [2.75, 3.05) is 0 Å². The van der Waals surface area contributed by atoms with Crippen molar-refractivity contribution in [1.82, 2.24) is 4.98 Å². The second-order valence-corrected chi connectivity index (χ2v) is 4.54. The van der Waals surface area contributed by atoms with Crippen molar-refractivity contribution >= 4 is 51.2 Å². The van der Waals surface area contributed by atoms with Gasteiger partial charge in [-0.25, -0.2) is 18.6 Å². The number of carbonyl (C=O) groups is 1. The highest BCUT2D eigenvalue weighted by atomic mass is 127. The Morgan fingerprint density at radius 2 is 2.07 bits per heavy atom. The first-order chi connectivity index (χ1) is 6.43. The number of carboxylic acid groups (broad SMARTS) is 1. The Bertz CT molecular complexity index is 384. The summed E-state index contributed by atoms with van der Waals surface area (Å²) in [5, 5.41) is 8.68. The van der Waals surface area contributed by atoms with Crippen molar-refractivity contribution in [2.24, 2.45) is 0 Å². The quantitative estimate of drug-likeness (QED) is 0.743. The molecule has 0 fully saturated rings. The van der Waals surface area contributed by atoms with Crippen molar-refractivity contribution in [3.8, 4) is 0 Å². The molecule has 14 heavy (non-hydrogen) atoms. The number of aromatic carboxylic acids is 1. The second-order valence-electron chi connectivity index (χ2n) is 2.30. The number of halogens is 4. The van der Waals surface area contributed by atoms with E-state index in [-0.39, 0.29) is 5.69 Å². The average molecular weight is 425 g/mol. The van der Waals surface area contributed by atoms with E-state index in [9.17, 15) is 13.6 Å². The van der Waals surface area contributed by atoms with Gasteiger partial charge < -0.3 is 5.11 Å². The van der Waals surface area contributed by atoms with E-state index in [4.69, 9.17) is 5.11 Å². The summed E-state index contributed by atoms with van der Waals surface area (Å²) < 4.78 is 25.4. The Labute approximate surface area is 105 Å². The van der Waals surface area contributed by atoms with Gasteiger partial charge in [0.05, 0.1) is 3.57 Å². The van der Waals surface area contributed by atoms with Crippen LogP contribution in [0.15, 0.2) is 6.07 Å². The molecule has 1 aromatic heterocycles. The van der Waals surface area contributed by atoms with Crippen LogP contribution in [0.5, 0.6) is 0 Å². The molecule has 1 heterocycles. The van der Waals surface area contributed by atoms with Crippen molar-refractivity contribution in [3.63, 3.8) is 0 Å². The van der Waals surface area contributed by atoms with E-state index >= 15 is 0 Å². The first kappa shape index (κ1) is 12.0. The molecule has 1 aromatic rings. The third-order valence-corrected chi connectivity index (χ3v) is 4.33. The standard InChI is InChI=1S/C7H3F2I2NO2/c8-6(9)3-1-2(10)4(11)5(12-3)7(13)14/h1,6H,(H,13,14). The minimum Gasteiger partial charge on any atom is -0.476 e. The zero-order valence-corrected chi connectivity index (χ0v) is 10.8. The Morgan fingerprint density at radius 1 is 1.50 bits per heavy atom. The molecule has 0 unspecified atom stereocenters. The highest BCUT2D eigenvalue weighted by Crippen LogP contribution is 2.24. The summed E-state index contributed by atoms with van der Waals surface area (Å²) in [6.07, 6.45) is -2.75. The SMILES string of the molecule is O=C(O)c1nc(C(F)F)cc(I)c1I. The van der Waals surface area contributed by atoms with Gasteiger partial charge in [-0.15, -0.1) is 0 Å². The fourth-order valence-electron chi connectivity index (χ4n) is 0.770. The van der Waals surface area contributed by atoms with Gasteiger partial charge in [0.25, 0.3) is 6.43 Å². The highest BCUT2D eigenvalue weighted by Gasteiger charge is 2.18. The van der Waals surface area contributed by atoms with Gasteiger partial charge in [0.15, 0.2) is 5.69 Å². The largest absolute Gasteiger partial charge is 0.476 e. The number of pyridine rings is 1. The minimum absolute atomic E-state index is 0.326. The van der Waals surface area contributed by atoms with Crippen LogP contribution < -0.4 is 0 Å². The zero-order valence-electron chi connectivity index (χ0n) is 6.47. The summed E-state index contributed by atoms with van der Waals surface area (Å²) in [6.45, 7) is 0. The topological polar surface area (TPSA) is 50.2 Å². The van der Waals surface area contributed by atoms with Crippen molar-refractivity contribution in [2.45, 2.75) is 6.43 Å². The molecule has 3 nitrogen and oxygen atoms in total. The lowest BCUT2D eigenvalue weighted by atomic mass is 10.3. The average Bonchev–Trinajstić information content (AvgIpc) is 2.08. The smallest absolute Gasteiger partial charge is 0.355 e. The number of aromatic nitrogens is 1. The van der Waals surface area contributed by atoms with Gasteiger partial charge in [-0.1, -0.05) is 0 Å². The number of carboxylic acids is 1. The predicted molar refractivity (Wildman–Crippen MR) is 61.6 cm³/mol. The molecule has 0 saturated carbocycles. The Morgan fingerprint density at radius 3 is 2.50 bits per heavy atom. The normalized spacial score (nSPS) is 10.6. The highest BCUT2D eigenvalue weighted by molar-refractivity contribution is 14.1. The molecule has 0 aromatic carbocycles. The summed E-state index contributed by atoms with van der Waals surface area (Å²) >= 11 is 3.56. The van der Waals surface area contributed by atoms with Crippen LogP contribution in [0.4, 0.5) is 8.78 Å². The molecule has 0 atom stereocenters. The van der Waals surface area contributed by atoms with Crippen LogP contribution in [0.2, 0.25) is 0 Å². The third-order valence-electron chi connectivity index (χ3n) is 1.36. The fourth-order valence-corrected chi connectivity index (χ4v) is 1.85. The maximum atomic E-state index is 12.3. The maximum Gasteiger partial charge on any atom is 0.355 e. The lowest BCUT2D eigenvalue weighted by Gasteiger charge is -2.04. The molecular weight excluding hydrogens is 422 g/mol. The zero-order chi connectivity index (χ0) is 10.9. The second kappa shape index (κ2) is 4.64. The molecule has 0 aliphatic rings. The minimum atomic E-state index is -2.75. The van der Waals surface area contributed by atoms with Gasteiger partial charge in [-0.05, 0) is 51.2 Å². The van der Waals surface area contributed by atoms with E-state index in [1.165, 1.54) is 6.07 Å². The summed E-state index contributed by atoms with van der Waals surface area (Å²) in [5.41, 5.74) is -0.833. The van der Waals surface area contributed by atoms with E-state index < -0.39 is 18.1 Å². The molecule has 7 heteroatoms. The van der Waals surface area contributed by atoms with Crippen molar-refractivity contribution in [1.29, 1.82) is 0 Å². The van der Waals surface area contributed by atoms with E-state index in [0.717, 1.165) is 0 Å². The van der Waals surface area contributed by atoms with Crippen LogP contribution in [0, 0.1) is 7.14 Å². The third kappa shape index (κ3) is 2.49. The molecular formula is C7H3F2I2NO2. The van der Waals surface area contributed by atoms with Gasteiger partial charge in [0.2, 0.25) is 0 Å². The molecule has 0 saturated heterocycles. The molecule has 0 bridgehead atoms. The van der Waals surface area contributed by atoms with Gasteiger partial charge in [0, 0.05) is 3.57 Å². The summed E-state index contributed by atoms with van der Waals surface area (Å²) in [5.74, 6) is -1.30. The van der Waals surface area contributed by atoms with E-state index in [2.05, 4.69) is 4.98 Å². The van der Waals surface area contributed by atoms with Gasteiger partial charge in [0.1, 0.15) is 5.69 Å². The monoisotopic (exact) mass is 425 g/mol. The number of hydrogen-bond donors (Lipinski definition) is 1. The Hall–Kier alpha value is -0.0600. The number of rotatable bonds is 2. The molecule has 0 radical (unpaired) electrons. The van der Waals surface area contributed by atoms with Crippen LogP contribution in [0.25, 0.3) is 0 Å². The molecule has 0 aliphatic heterocycles. The van der Waals surface area contributed by atoms with E-state index in [1.54, 1.807) is 45.2 Å². The molecule has 76 valence electrons. The van der Waals surface area contributed by atoms with Crippen LogP contribution in [0.3, 0.4) is 0 Å². The van der Waals surface area contributed by atoms with Crippen molar-refractivity contribution < 1.29 is 18.7 Å². The van der Waals surface area contributed by atoms with E-state index in [1.807, 2.05) is 0 Å². The van der Waals surface area contributed by atoms with Crippen molar-refractivity contribution in [3.05, 3.63) is 24.6 Å². The predicted octanol–water partition coefficient (Wildman–Crippen LogP) is 2.93. The van der Waals surface area contributed by atoms with E-state index in [0.29, 0.717) is 7.14 Å². The molecule has 0 amide bonds. The number of nitrogens with zero attached hydrogens (tertiary/aromatic N) is 1.